The van der Waals surface area contributed by atoms with Crippen LogP contribution < -0.4 is 10.2 Å². The molecule has 8 heteroatoms. The van der Waals surface area contributed by atoms with Gasteiger partial charge in [0.05, 0.1) is 21.6 Å². The van der Waals surface area contributed by atoms with Crippen molar-refractivity contribution in [2.24, 2.45) is 5.92 Å². The Morgan fingerprint density at radius 1 is 1.31 bits per heavy atom. The molecule has 0 spiro atoms. The summed E-state index contributed by atoms with van der Waals surface area (Å²) in [6, 6.07) is 11.3. The molecule has 0 saturated carbocycles. The number of nitro groups is 1. The molecule has 0 bridgehead atoms. The van der Waals surface area contributed by atoms with Crippen molar-refractivity contribution in [1.29, 1.82) is 0 Å². The van der Waals surface area contributed by atoms with Crippen LogP contribution in [0.3, 0.4) is 0 Å². The molecule has 26 heavy (non-hydrogen) atoms. The zero-order valence-corrected chi connectivity index (χ0v) is 14.7. The standard InChI is InChI=1S/C18H16ClN3O4/c1-11-4-2-3-5-16(11)21-10-12(8-17(21)23)18(24)20-15-9-13(22(25)26)6-7-14(15)19/h2-7,9,12H,8,10H2,1H3,(H,20,24). The van der Waals surface area contributed by atoms with Gasteiger partial charge in [-0.15, -0.1) is 0 Å². The summed E-state index contributed by atoms with van der Waals surface area (Å²) < 4.78 is 0. The smallest absolute Gasteiger partial charge is 0.271 e. The maximum atomic E-state index is 12.5. The molecule has 3 rings (SSSR count). The highest BCUT2D eigenvalue weighted by molar-refractivity contribution is 6.33. The van der Waals surface area contributed by atoms with Gasteiger partial charge in [0.2, 0.25) is 11.8 Å². The first-order valence-electron chi connectivity index (χ1n) is 7.97. The van der Waals surface area contributed by atoms with Crippen molar-refractivity contribution in [1.82, 2.24) is 0 Å². The number of nitro benzene ring substituents is 1. The second-order valence-corrected chi connectivity index (χ2v) is 6.51. The summed E-state index contributed by atoms with van der Waals surface area (Å²) in [5.74, 6) is -1.08. The van der Waals surface area contributed by atoms with Crippen LogP contribution in [0, 0.1) is 23.0 Å². The van der Waals surface area contributed by atoms with Crippen molar-refractivity contribution in [2.45, 2.75) is 13.3 Å². The fourth-order valence-electron chi connectivity index (χ4n) is 2.94. The first kappa shape index (κ1) is 17.9. The number of hydrogen-bond acceptors (Lipinski definition) is 4. The average Bonchev–Trinajstić information content (AvgIpc) is 2.99. The molecule has 0 radical (unpaired) electrons. The molecule has 2 aromatic rings. The summed E-state index contributed by atoms with van der Waals surface area (Å²) in [6.45, 7) is 2.15. The van der Waals surface area contributed by atoms with Gasteiger partial charge in [-0.2, -0.15) is 0 Å². The van der Waals surface area contributed by atoms with E-state index in [-0.39, 0.29) is 35.3 Å². The molecule has 1 saturated heterocycles. The van der Waals surface area contributed by atoms with Crippen LogP contribution in [0.15, 0.2) is 42.5 Å². The van der Waals surface area contributed by atoms with Crippen LogP contribution in [0.1, 0.15) is 12.0 Å². The van der Waals surface area contributed by atoms with E-state index in [1.165, 1.54) is 18.2 Å². The van der Waals surface area contributed by atoms with Crippen molar-refractivity contribution in [3.8, 4) is 0 Å². The number of carbonyl (C=O) groups is 2. The monoisotopic (exact) mass is 373 g/mol. The normalized spacial score (nSPS) is 16.6. The third kappa shape index (κ3) is 3.52. The molecule has 1 aliphatic rings. The Kier molecular flexibility index (Phi) is 4.90. The van der Waals surface area contributed by atoms with Crippen LogP contribution in [-0.2, 0) is 9.59 Å². The van der Waals surface area contributed by atoms with E-state index in [9.17, 15) is 19.7 Å². The van der Waals surface area contributed by atoms with E-state index in [1.807, 2.05) is 31.2 Å². The minimum absolute atomic E-state index is 0.0761. The predicted octanol–water partition coefficient (Wildman–Crippen LogP) is 3.55. The molecule has 2 aromatic carbocycles. The van der Waals surface area contributed by atoms with Gasteiger partial charge in [0, 0.05) is 30.8 Å². The van der Waals surface area contributed by atoms with Crippen LogP contribution in [0.25, 0.3) is 0 Å². The maximum absolute atomic E-state index is 12.5. The zero-order valence-electron chi connectivity index (χ0n) is 13.9. The molecule has 7 nitrogen and oxygen atoms in total. The van der Waals surface area contributed by atoms with Crippen LogP contribution >= 0.6 is 11.6 Å². The Morgan fingerprint density at radius 3 is 2.73 bits per heavy atom. The number of nitrogens with zero attached hydrogens (tertiary/aromatic N) is 2. The second-order valence-electron chi connectivity index (χ2n) is 6.10. The van der Waals surface area contributed by atoms with Crippen molar-refractivity contribution in [2.75, 3.05) is 16.8 Å². The summed E-state index contributed by atoms with van der Waals surface area (Å²) in [6.07, 6.45) is 0.0761. The highest BCUT2D eigenvalue weighted by Crippen LogP contribution is 2.30. The highest BCUT2D eigenvalue weighted by atomic mass is 35.5. The van der Waals surface area contributed by atoms with Gasteiger partial charge in [-0.1, -0.05) is 29.8 Å². The van der Waals surface area contributed by atoms with E-state index < -0.39 is 16.7 Å². The Labute approximate surface area is 154 Å². The third-order valence-corrected chi connectivity index (χ3v) is 4.65. The summed E-state index contributed by atoms with van der Waals surface area (Å²) in [5.41, 5.74) is 1.71. The number of anilines is 2. The summed E-state index contributed by atoms with van der Waals surface area (Å²) in [7, 11) is 0. The number of hydrogen-bond donors (Lipinski definition) is 1. The number of rotatable bonds is 4. The van der Waals surface area contributed by atoms with Gasteiger partial charge < -0.3 is 10.2 Å². The molecular weight excluding hydrogens is 358 g/mol. The topological polar surface area (TPSA) is 92.6 Å². The van der Waals surface area contributed by atoms with E-state index in [1.54, 1.807) is 4.90 Å². The van der Waals surface area contributed by atoms with Gasteiger partial charge in [-0.3, -0.25) is 19.7 Å². The Morgan fingerprint density at radius 2 is 2.04 bits per heavy atom. The lowest BCUT2D eigenvalue weighted by Crippen LogP contribution is -2.28. The van der Waals surface area contributed by atoms with Crippen molar-refractivity contribution >= 4 is 40.5 Å². The maximum Gasteiger partial charge on any atom is 0.271 e. The molecule has 134 valence electrons. The first-order chi connectivity index (χ1) is 12.4. The molecule has 1 atom stereocenters. The lowest BCUT2D eigenvalue weighted by molar-refractivity contribution is -0.384. The van der Waals surface area contributed by atoms with Crippen LogP contribution in [0.5, 0.6) is 0 Å². The van der Waals surface area contributed by atoms with Gasteiger partial charge in [0.15, 0.2) is 0 Å². The SMILES string of the molecule is Cc1ccccc1N1CC(C(=O)Nc2cc([N+](=O)[O-])ccc2Cl)CC1=O. The molecule has 1 unspecified atom stereocenters. The van der Waals surface area contributed by atoms with E-state index in [0.717, 1.165) is 11.3 Å². The molecule has 1 N–H and O–H groups in total. The molecule has 0 aliphatic carbocycles. The summed E-state index contributed by atoms with van der Waals surface area (Å²) >= 11 is 6.01. The lowest BCUT2D eigenvalue weighted by Gasteiger charge is -2.19. The predicted molar refractivity (Wildman–Crippen MR) is 98.4 cm³/mol. The second kappa shape index (κ2) is 7.13. The minimum Gasteiger partial charge on any atom is -0.324 e. The number of para-hydroxylation sites is 1. The number of amides is 2. The molecule has 0 aromatic heterocycles. The van der Waals surface area contributed by atoms with Crippen molar-refractivity contribution < 1.29 is 14.5 Å². The van der Waals surface area contributed by atoms with Gasteiger partial charge in [-0.05, 0) is 24.6 Å². The number of benzene rings is 2. The zero-order chi connectivity index (χ0) is 18.8. The van der Waals surface area contributed by atoms with E-state index in [4.69, 9.17) is 11.6 Å². The van der Waals surface area contributed by atoms with Gasteiger partial charge in [0.25, 0.3) is 5.69 Å². The fraction of sp³-hybridized carbons (Fsp3) is 0.222. The highest BCUT2D eigenvalue weighted by Gasteiger charge is 2.35. The van der Waals surface area contributed by atoms with Crippen molar-refractivity contribution in [3.05, 3.63) is 63.2 Å². The number of nitrogens with one attached hydrogen (secondary N) is 1. The van der Waals surface area contributed by atoms with Gasteiger partial charge in [-0.25, -0.2) is 0 Å². The van der Waals surface area contributed by atoms with Gasteiger partial charge >= 0.3 is 0 Å². The van der Waals surface area contributed by atoms with Crippen LogP contribution in [-0.4, -0.2) is 23.3 Å². The first-order valence-corrected chi connectivity index (χ1v) is 8.35. The number of carbonyl (C=O) groups excluding carboxylic acids is 2. The number of halogens is 1. The fourth-order valence-corrected chi connectivity index (χ4v) is 3.10. The van der Waals surface area contributed by atoms with Crippen LogP contribution in [0.4, 0.5) is 17.1 Å². The molecule has 1 aliphatic heterocycles. The molecule has 2 amide bonds. The Balaban J connectivity index is 1.76. The number of non-ortho nitro benzene ring substituents is 1. The summed E-state index contributed by atoms with van der Waals surface area (Å²) in [4.78, 5) is 36.8. The lowest BCUT2D eigenvalue weighted by atomic mass is 10.1. The van der Waals surface area contributed by atoms with Gasteiger partial charge in [0.1, 0.15) is 0 Å². The quantitative estimate of drug-likeness (QED) is 0.655. The largest absolute Gasteiger partial charge is 0.324 e. The Bertz CT molecular complexity index is 900. The Hall–Kier alpha value is -2.93. The molecule has 1 fully saturated rings. The number of aryl methyl sites for hydroxylation is 1. The van der Waals surface area contributed by atoms with E-state index in [2.05, 4.69) is 5.32 Å². The van der Waals surface area contributed by atoms with E-state index in [0.29, 0.717) is 0 Å². The van der Waals surface area contributed by atoms with Crippen LogP contribution in [0.2, 0.25) is 5.02 Å². The minimum atomic E-state index is -0.564. The third-order valence-electron chi connectivity index (χ3n) is 4.32. The average molecular weight is 374 g/mol. The molecule has 1 heterocycles. The molecular formula is C18H16ClN3O4. The van der Waals surface area contributed by atoms with Crippen molar-refractivity contribution in [3.63, 3.8) is 0 Å². The van der Waals surface area contributed by atoms with E-state index >= 15 is 0 Å². The summed E-state index contributed by atoms with van der Waals surface area (Å²) in [5, 5.41) is 13.7.